The first-order valence-corrected chi connectivity index (χ1v) is 7.39. The van der Waals surface area contributed by atoms with E-state index in [0.29, 0.717) is 12.5 Å². The van der Waals surface area contributed by atoms with E-state index in [1.54, 1.807) is 0 Å². The lowest BCUT2D eigenvalue weighted by Crippen LogP contribution is -2.49. The average Bonchev–Trinajstić information content (AvgIpc) is 2.49. The Balaban J connectivity index is 1.79. The lowest BCUT2D eigenvalue weighted by molar-refractivity contribution is -0.132. The molecule has 1 N–H and O–H groups in total. The number of nitrogens with one attached hydrogen (secondary N) is 1. The summed E-state index contributed by atoms with van der Waals surface area (Å²) in [5, 5.41) is 3.27. The standard InChI is InChI=1S/C16H25N3O/c1-14(15-6-4-3-5-7-15)12-18(2)13-16(20)19-10-8-17-9-11-19/h3-7,14,17H,8-13H2,1-2H3. The van der Waals surface area contributed by atoms with E-state index in [4.69, 9.17) is 0 Å². The van der Waals surface area contributed by atoms with Crippen LogP contribution >= 0.6 is 0 Å². The lowest BCUT2D eigenvalue weighted by atomic mass is 10.0. The Bertz CT molecular complexity index is 415. The zero-order chi connectivity index (χ0) is 14.4. The van der Waals surface area contributed by atoms with Crippen molar-refractivity contribution >= 4 is 5.91 Å². The summed E-state index contributed by atoms with van der Waals surface area (Å²) in [6.45, 7) is 7.12. The Morgan fingerprint density at radius 3 is 2.60 bits per heavy atom. The van der Waals surface area contributed by atoms with Gasteiger partial charge in [-0.3, -0.25) is 9.69 Å². The van der Waals surface area contributed by atoms with Crippen LogP contribution in [-0.4, -0.2) is 62.0 Å². The molecular weight excluding hydrogens is 250 g/mol. The number of hydrogen-bond acceptors (Lipinski definition) is 3. The molecule has 4 nitrogen and oxygen atoms in total. The van der Waals surface area contributed by atoms with E-state index in [0.717, 1.165) is 32.7 Å². The van der Waals surface area contributed by atoms with Crippen LogP contribution in [0, 0.1) is 0 Å². The van der Waals surface area contributed by atoms with Crippen LogP contribution in [0.2, 0.25) is 0 Å². The zero-order valence-corrected chi connectivity index (χ0v) is 12.5. The molecule has 1 aromatic carbocycles. The smallest absolute Gasteiger partial charge is 0.236 e. The highest BCUT2D eigenvalue weighted by Gasteiger charge is 2.18. The summed E-state index contributed by atoms with van der Waals surface area (Å²) in [6.07, 6.45) is 0. The van der Waals surface area contributed by atoms with Crippen molar-refractivity contribution in [1.82, 2.24) is 15.1 Å². The van der Waals surface area contributed by atoms with E-state index in [-0.39, 0.29) is 5.91 Å². The second kappa shape index (κ2) is 7.41. The molecule has 4 heteroatoms. The Kier molecular flexibility index (Phi) is 5.56. The van der Waals surface area contributed by atoms with Crippen LogP contribution in [0.1, 0.15) is 18.4 Å². The van der Waals surface area contributed by atoms with Crippen LogP contribution < -0.4 is 5.32 Å². The number of nitrogens with zero attached hydrogens (tertiary/aromatic N) is 2. The minimum absolute atomic E-state index is 0.245. The van der Waals surface area contributed by atoms with Gasteiger partial charge >= 0.3 is 0 Å². The molecule has 0 spiro atoms. The first kappa shape index (κ1) is 15.0. The number of amides is 1. The van der Waals surface area contributed by atoms with E-state index >= 15 is 0 Å². The molecular formula is C16H25N3O. The van der Waals surface area contributed by atoms with Gasteiger partial charge in [0, 0.05) is 32.7 Å². The van der Waals surface area contributed by atoms with Crippen LogP contribution in [0.3, 0.4) is 0 Å². The highest BCUT2D eigenvalue weighted by molar-refractivity contribution is 5.78. The summed E-state index contributed by atoms with van der Waals surface area (Å²) in [5.41, 5.74) is 1.33. The summed E-state index contributed by atoms with van der Waals surface area (Å²) in [5.74, 6) is 0.686. The Morgan fingerprint density at radius 2 is 1.95 bits per heavy atom. The summed E-state index contributed by atoms with van der Waals surface area (Å²) >= 11 is 0. The van der Waals surface area contributed by atoms with Crippen LogP contribution in [0.5, 0.6) is 0 Å². The molecule has 0 bridgehead atoms. The molecule has 1 aliphatic rings. The third kappa shape index (κ3) is 4.32. The third-order valence-electron chi connectivity index (χ3n) is 3.83. The molecule has 1 atom stereocenters. The van der Waals surface area contributed by atoms with Gasteiger partial charge in [-0.1, -0.05) is 37.3 Å². The number of likely N-dealkylation sites (N-methyl/N-ethyl adjacent to an activating group) is 1. The maximum Gasteiger partial charge on any atom is 0.236 e. The van der Waals surface area contributed by atoms with Crippen LogP contribution in [0.25, 0.3) is 0 Å². The second-order valence-corrected chi connectivity index (χ2v) is 5.64. The van der Waals surface area contributed by atoms with Gasteiger partial charge in [0.1, 0.15) is 0 Å². The van der Waals surface area contributed by atoms with Gasteiger partial charge < -0.3 is 10.2 Å². The molecule has 1 unspecified atom stereocenters. The fourth-order valence-electron chi connectivity index (χ4n) is 2.66. The largest absolute Gasteiger partial charge is 0.339 e. The van der Waals surface area contributed by atoms with Crippen LogP contribution in [0.4, 0.5) is 0 Å². The molecule has 0 aromatic heterocycles. The van der Waals surface area contributed by atoms with Gasteiger partial charge in [0.15, 0.2) is 0 Å². The number of hydrogen-bond donors (Lipinski definition) is 1. The van der Waals surface area contributed by atoms with Gasteiger partial charge in [-0.25, -0.2) is 0 Å². The fraction of sp³-hybridized carbons (Fsp3) is 0.562. The molecule has 2 rings (SSSR count). The highest BCUT2D eigenvalue weighted by atomic mass is 16.2. The second-order valence-electron chi connectivity index (χ2n) is 5.64. The van der Waals surface area contributed by atoms with E-state index in [1.807, 2.05) is 18.0 Å². The first-order chi connectivity index (χ1) is 9.66. The molecule has 20 heavy (non-hydrogen) atoms. The topological polar surface area (TPSA) is 35.6 Å². The van der Waals surface area contributed by atoms with Crippen molar-refractivity contribution in [2.45, 2.75) is 12.8 Å². The van der Waals surface area contributed by atoms with Crippen LogP contribution in [0.15, 0.2) is 30.3 Å². The molecule has 0 saturated carbocycles. The van der Waals surface area contributed by atoms with E-state index < -0.39 is 0 Å². The molecule has 0 aliphatic carbocycles. The molecule has 1 heterocycles. The summed E-state index contributed by atoms with van der Waals surface area (Å²) in [6, 6.07) is 10.5. The Labute approximate surface area is 121 Å². The van der Waals surface area contributed by atoms with Gasteiger partial charge in [0.05, 0.1) is 6.54 Å². The van der Waals surface area contributed by atoms with Gasteiger partial charge in [0.2, 0.25) is 5.91 Å². The quantitative estimate of drug-likeness (QED) is 0.876. The Morgan fingerprint density at radius 1 is 1.30 bits per heavy atom. The fourth-order valence-corrected chi connectivity index (χ4v) is 2.66. The SMILES string of the molecule is CC(CN(C)CC(=O)N1CCNCC1)c1ccccc1. The van der Waals surface area contributed by atoms with Crippen molar-refractivity contribution in [3.8, 4) is 0 Å². The number of rotatable bonds is 5. The number of piperazine rings is 1. The number of carbonyl (C=O) groups excluding carboxylic acids is 1. The third-order valence-corrected chi connectivity index (χ3v) is 3.83. The van der Waals surface area contributed by atoms with Gasteiger partial charge in [-0.05, 0) is 18.5 Å². The van der Waals surface area contributed by atoms with Crippen molar-refractivity contribution < 1.29 is 4.79 Å². The molecule has 1 aliphatic heterocycles. The molecule has 110 valence electrons. The molecule has 0 radical (unpaired) electrons. The van der Waals surface area contributed by atoms with Crippen molar-refractivity contribution in [2.24, 2.45) is 0 Å². The van der Waals surface area contributed by atoms with Gasteiger partial charge in [0.25, 0.3) is 0 Å². The zero-order valence-electron chi connectivity index (χ0n) is 12.5. The number of benzene rings is 1. The monoisotopic (exact) mass is 275 g/mol. The molecule has 1 fully saturated rings. The summed E-state index contributed by atoms with van der Waals surface area (Å²) < 4.78 is 0. The summed E-state index contributed by atoms with van der Waals surface area (Å²) in [7, 11) is 2.03. The minimum Gasteiger partial charge on any atom is -0.339 e. The van der Waals surface area contributed by atoms with Crippen molar-refractivity contribution in [3.05, 3.63) is 35.9 Å². The number of carbonyl (C=O) groups is 1. The molecule has 1 saturated heterocycles. The highest BCUT2D eigenvalue weighted by Crippen LogP contribution is 2.15. The summed E-state index contributed by atoms with van der Waals surface area (Å²) in [4.78, 5) is 16.3. The van der Waals surface area contributed by atoms with E-state index in [1.165, 1.54) is 5.56 Å². The van der Waals surface area contributed by atoms with Gasteiger partial charge in [-0.2, -0.15) is 0 Å². The van der Waals surface area contributed by atoms with E-state index in [2.05, 4.69) is 41.4 Å². The van der Waals surface area contributed by atoms with Gasteiger partial charge in [-0.15, -0.1) is 0 Å². The predicted molar refractivity (Wildman–Crippen MR) is 81.8 cm³/mol. The van der Waals surface area contributed by atoms with Crippen molar-refractivity contribution in [1.29, 1.82) is 0 Å². The molecule has 1 aromatic rings. The minimum atomic E-state index is 0.245. The maximum absolute atomic E-state index is 12.2. The lowest BCUT2D eigenvalue weighted by Gasteiger charge is -2.30. The van der Waals surface area contributed by atoms with Crippen molar-refractivity contribution in [2.75, 3.05) is 46.3 Å². The maximum atomic E-state index is 12.2. The molecule has 1 amide bonds. The Hall–Kier alpha value is -1.39. The van der Waals surface area contributed by atoms with E-state index in [9.17, 15) is 4.79 Å². The van der Waals surface area contributed by atoms with Crippen molar-refractivity contribution in [3.63, 3.8) is 0 Å². The van der Waals surface area contributed by atoms with Crippen LogP contribution in [-0.2, 0) is 4.79 Å². The first-order valence-electron chi connectivity index (χ1n) is 7.39. The average molecular weight is 275 g/mol. The predicted octanol–water partition coefficient (Wildman–Crippen LogP) is 1.15. The normalized spacial score (nSPS) is 17.2.